The van der Waals surface area contributed by atoms with Crippen LogP contribution in [0.1, 0.15) is 10.4 Å². The van der Waals surface area contributed by atoms with Crippen LogP contribution in [0.15, 0.2) is 41.4 Å². The van der Waals surface area contributed by atoms with Gasteiger partial charge in [-0.25, -0.2) is 9.78 Å². The third kappa shape index (κ3) is 3.29. The summed E-state index contributed by atoms with van der Waals surface area (Å²) >= 11 is 1.48. The first-order chi connectivity index (χ1) is 10.0. The second-order valence-electron chi connectivity index (χ2n) is 3.98. The predicted octanol–water partition coefficient (Wildman–Crippen LogP) is 3.15. The third-order valence-electron chi connectivity index (χ3n) is 2.67. The van der Waals surface area contributed by atoms with Crippen LogP contribution in [0.2, 0.25) is 0 Å². The number of benzene rings is 1. The predicted molar refractivity (Wildman–Crippen MR) is 79.4 cm³/mol. The van der Waals surface area contributed by atoms with Gasteiger partial charge in [-0.15, -0.1) is 11.8 Å². The molecule has 1 aromatic heterocycles. The molecule has 7 nitrogen and oxygen atoms in total. The number of anilines is 2. The molecular formula is C13H11N3O4S. The van der Waals surface area contributed by atoms with Gasteiger partial charge in [0.1, 0.15) is 0 Å². The maximum Gasteiger partial charge on any atom is 0.337 e. The monoisotopic (exact) mass is 305 g/mol. The Morgan fingerprint density at radius 3 is 2.76 bits per heavy atom. The number of para-hydroxylation sites is 1. The number of aromatic nitrogens is 1. The molecule has 2 N–H and O–H groups in total. The lowest BCUT2D eigenvalue weighted by atomic mass is 10.2. The van der Waals surface area contributed by atoms with Crippen LogP contribution in [0.25, 0.3) is 0 Å². The highest BCUT2D eigenvalue weighted by atomic mass is 32.2. The fourth-order valence-electron chi connectivity index (χ4n) is 1.68. The van der Waals surface area contributed by atoms with E-state index in [4.69, 9.17) is 5.11 Å². The largest absolute Gasteiger partial charge is 0.478 e. The SMILES string of the molecule is CSc1ccccc1Nc1ncc(C(=O)O)cc1[N+](=O)[O-]. The van der Waals surface area contributed by atoms with E-state index >= 15 is 0 Å². The van der Waals surface area contributed by atoms with Crippen molar-refractivity contribution in [3.05, 3.63) is 52.2 Å². The second-order valence-corrected chi connectivity index (χ2v) is 4.83. The Hall–Kier alpha value is -2.61. The van der Waals surface area contributed by atoms with Crippen LogP contribution >= 0.6 is 11.8 Å². The summed E-state index contributed by atoms with van der Waals surface area (Å²) in [7, 11) is 0. The van der Waals surface area contributed by atoms with E-state index in [1.807, 2.05) is 18.4 Å². The lowest BCUT2D eigenvalue weighted by molar-refractivity contribution is -0.384. The maximum atomic E-state index is 11.1. The summed E-state index contributed by atoms with van der Waals surface area (Å²) in [5.41, 5.74) is 0.0554. The van der Waals surface area contributed by atoms with Crippen molar-refractivity contribution in [3.8, 4) is 0 Å². The van der Waals surface area contributed by atoms with Crippen molar-refractivity contribution in [3.63, 3.8) is 0 Å². The molecule has 0 aliphatic rings. The number of carboxylic acids is 1. The van der Waals surface area contributed by atoms with Crippen LogP contribution in [0.5, 0.6) is 0 Å². The smallest absolute Gasteiger partial charge is 0.337 e. The molecule has 108 valence electrons. The Labute approximate surface area is 124 Å². The molecule has 0 amide bonds. The highest BCUT2D eigenvalue weighted by Gasteiger charge is 2.19. The number of carboxylic acid groups (broad SMARTS) is 1. The summed E-state index contributed by atoms with van der Waals surface area (Å²) in [6, 6.07) is 8.26. The molecular weight excluding hydrogens is 294 g/mol. The van der Waals surface area contributed by atoms with E-state index in [9.17, 15) is 14.9 Å². The summed E-state index contributed by atoms with van der Waals surface area (Å²) in [6.45, 7) is 0. The fourth-order valence-corrected chi connectivity index (χ4v) is 2.23. The Kier molecular flexibility index (Phi) is 4.39. The van der Waals surface area contributed by atoms with Crippen molar-refractivity contribution >= 4 is 34.9 Å². The standard InChI is InChI=1S/C13H11N3O4S/c1-21-11-5-3-2-4-9(11)15-12-10(16(19)20)6-8(7-14-12)13(17)18/h2-7H,1H3,(H,14,15)(H,17,18). The molecule has 1 aromatic carbocycles. The van der Waals surface area contributed by atoms with Crippen LogP contribution < -0.4 is 5.32 Å². The number of hydrogen-bond donors (Lipinski definition) is 2. The number of aromatic carboxylic acids is 1. The molecule has 0 fully saturated rings. The van der Waals surface area contributed by atoms with Gasteiger partial charge in [0.15, 0.2) is 0 Å². The third-order valence-corrected chi connectivity index (χ3v) is 3.47. The Bertz CT molecular complexity index is 706. The van der Waals surface area contributed by atoms with Gasteiger partial charge in [-0.1, -0.05) is 12.1 Å². The van der Waals surface area contributed by atoms with Crippen molar-refractivity contribution < 1.29 is 14.8 Å². The topological polar surface area (TPSA) is 105 Å². The van der Waals surface area contributed by atoms with Gasteiger partial charge < -0.3 is 10.4 Å². The van der Waals surface area contributed by atoms with E-state index in [1.165, 1.54) is 11.8 Å². The van der Waals surface area contributed by atoms with Crippen LogP contribution in [-0.2, 0) is 0 Å². The molecule has 0 aliphatic carbocycles. The summed E-state index contributed by atoms with van der Waals surface area (Å²) in [4.78, 5) is 26.0. The highest BCUT2D eigenvalue weighted by molar-refractivity contribution is 7.98. The number of rotatable bonds is 5. The van der Waals surface area contributed by atoms with Crippen molar-refractivity contribution in [2.45, 2.75) is 4.90 Å². The van der Waals surface area contributed by atoms with Crippen molar-refractivity contribution in [2.75, 3.05) is 11.6 Å². The van der Waals surface area contributed by atoms with Gasteiger partial charge in [-0.3, -0.25) is 10.1 Å². The summed E-state index contributed by atoms with van der Waals surface area (Å²) in [5, 5.41) is 22.8. The summed E-state index contributed by atoms with van der Waals surface area (Å²) in [5.74, 6) is -1.26. The molecule has 0 unspecified atom stereocenters. The number of nitrogens with zero attached hydrogens (tertiary/aromatic N) is 2. The number of nitrogens with one attached hydrogen (secondary N) is 1. The van der Waals surface area contributed by atoms with Gasteiger partial charge in [0.25, 0.3) is 0 Å². The second kappa shape index (κ2) is 6.23. The van der Waals surface area contributed by atoms with Crippen molar-refractivity contribution in [1.82, 2.24) is 4.98 Å². The number of hydrogen-bond acceptors (Lipinski definition) is 6. The van der Waals surface area contributed by atoms with E-state index in [-0.39, 0.29) is 17.1 Å². The zero-order chi connectivity index (χ0) is 15.4. The summed E-state index contributed by atoms with van der Waals surface area (Å²) < 4.78 is 0. The Morgan fingerprint density at radius 2 is 2.14 bits per heavy atom. The number of pyridine rings is 1. The molecule has 0 atom stereocenters. The quantitative estimate of drug-likeness (QED) is 0.496. The average molecular weight is 305 g/mol. The van der Waals surface area contributed by atoms with Gasteiger partial charge in [-0.05, 0) is 18.4 Å². The number of nitro groups is 1. The first-order valence-electron chi connectivity index (χ1n) is 5.80. The average Bonchev–Trinajstić information content (AvgIpc) is 2.47. The maximum absolute atomic E-state index is 11.1. The van der Waals surface area contributed by atoms with Crippen molar-refractivity contribution in [2.24, 2.45) is 0 Å². The molecule has 0 saturated heterocycles. The lowest BCUT2D eigenvalue weighted by Crippen LogP contribution is -2.04. The molecule has 2 rings (SSSR count). The van der Waals surface area contributed by atoms with E-state index in [1.54, 1.807) is 12.1 Å². The van der Waals surface area contributed by atoms with E-state index in [0.717, 1.165) is 17.2 Å². The molecule has 8 heteroatoms. The van der Waals surface area contributed by atoms with E-state index < -0.39 is 10.9 Å². The lowest BCUT2D eigenvalue weighted by Gasteiger charge is -2.10. The molecule has 0 spiro atoms. The van der Waals surface area contributed by atoms with Gasteiger partial charge in [0.2, 0.25) is 5.82 Å². The fraction of sp³-hybridized carbons (Fsp3) is 0.0769. The summed E-state index contributed by atoms with van der Waals surface area (Å²) in [6.07, 6.45) is 2.97. The first-order valence-corrected chi connectivity index (χ1v) is 7.03. The molecule has 0 bridgehead atoms. The zero-order valence-corrected chi connectivity index (χ0v) is 11.8. The number of carbonyl (C=O) groups is 1. The minimum atomic E-state index is -1.26. The van der Waals surface area contributed by atoms with E-state index in [0.29, 0.717) is 5.69 Å². The Balaban J connectivity index is 2.44. The molecule has 0 saturated carbocycles. The molecule has 2 aromatic rings. The molecule has 21 heavy (non-hydrogen) atoms. The molecule has 0 radical (unpaired) electrons. The van der Waals surface area contributed by atoms with Crippen LogP contribution in [0.3, 0.4) is 0 Å². The van der Waals surface area contributed by atoms with Gasteiger partial charge in [-0.2, -0.15) is 0 Å². The first kappa shape index (κ1) is 14.8. The molecule has 1 heterocycles. The molecule has 0 aliphatic heterocycles. The minimum absolute atomic E-state index is 0.00602. The minimum Gasteiger partial charge on any atom is -0.478 e. The highest BCUT2D eigenvalue weighted by Crippen LogP contribution is 2.31. The van der Waals surface area contributed by atoms with Gasteiger partial charge >= 0.3 is 11.7 Å². The van der Waals surface area contributed by atoms with Crippen molar-refractivity contribution in [1.29, 1.82) is 0 Å². The Morgan fingerprint density at radius 1 is 1.43 bits per heavy atom. The van der Waals surface area contributed by atoms with E-state index in [2.05, 4.69) is 10.3 Å². The van der Waals surface area contributed by atoms with Crippen LogP contribution in [0, 0.1) is 10.1 Å². The van der Waals surface area contributed by atoms with Gasteiger partial charge in [0, 0.05) is 17.2 Å². The van der Waals surface area contributed by atoms with Crippen LogP contribution in [-0.4, -0.2) is 27.2 Å². The number of thioether (sulfide) groups is 1. The van der Waals surface area contributed by atoms with Gasteiger partial charge in [0.05, 0.1) is 16.2 Å². The zero-order valence-electron chi connectivity index (χ0n) is 10.9. The van der Waals surface area contributed by atoms with Crippen LogP contribution in [0.4, 0.5) is 17.2 Å². The normalized spacial score (nSPS) is 10.1.